The Hall–Kier alpha value is -2.42. The molecule has 2 amide bonds. The first-order chi connectivity index (χ1) is 42.3. The predicted molar refractivity (Wildman–Crippen MR) is 281 cm³/mol. The Balaban J connectivity index is 0.957. The maximum absolute atomic E-state index is 12.9. The van der Waals surface area contributed by atoms with Crippen molar-refractivity contribution in [3.63, 3.8) is 0 Å². The molecule has 0 aliphatic carbocycles. The molecule has 8 rings (SSSR count). The smallest absolute Gasteiger partial charge is 0.217 e. The lowest BCUT2D eigenvalue weighted by Crippen LogP contribution is -2.70. The molecule has 90 heavy (non-hydrogen) atoms. The van der Waals surface area contributed by atoms with E-state index in [1.807, 2.05) is 0 Å². The summed E-state index contributed by atoms with van der Waals surface area (Å²) < 4.78 is 87.1. The molecule has 0 bridgehead atoms. The van der Waals surface area contributed by atoms with Crippen LogP contribution in [0.25, 0.3) is 0 Å². The van der Waals surface area contributed by atoms with Crippen molar-refractivity contribution >= 4 is 11.8 Å². The third kappa shape index (κ3) is 15.4. The van der Waals surface area contributed by atoms with Gasteiger partial charge in [-0.3, -0.25) is 9.59 Å². The van der Waals surface area contributed by atoms with E-state index >= 15 is 0 Å². The molecular weight excluding hydrogens is 1230 g/mol. The van der Waals surface area contributed by atoms with Crippen molar-refractivity contribution in [2.75, 3.05) is 19.8 Å². The van der Waals surface area contributed by atoms with Crippen LogP contribution in [0, 0.1) is 0 Å². The number of ether oxygens (including phenoxy) is 15. The zero-order chi connectivity index (χ0) is 66.4. The molecule has 0 aromatic rings. The average molecular weight is 1320 g/mol. The molecule has 0 aromatic heterocycles. The van der Waals surface area contributed by atoms with Crippen LogP contribution in [0.3, 0.4) is 0 Å². The number of carbonyl (C=O) groups excluding carboxylic acids is 2. The molecule has 21 N–H and O–H groups in total. The SMILES string of the molecule is CC(=O)N[C@H]1[C@H](O[C@@H]2[C@@H](O)[C@H](C)O[C@@H](O[C@@H]3[C@@H](O)[C@H](C)O[C@@H](O[C@@H]4[C@@H](O)[C@H](C)O[C@@H](O[C@@H]5[C@@H](O)[C@H](C)O[C@H](O[C@H]6[C@H](O)[C@@H](NC(C)=O)C(O)O[C@@H]6CO)[C@@H]5O)[C@@H]4O)[C@@H]3O)[C@@H]2O)O[C@H](CO)[C@@H](O)[C@@H]1O[C@H]1O[C@H](CO)[C@H](O)[C@H](O[C@@H]2O[C@@H](C)[C@H](O)[C@@H](O)[C@H]2O)[C@H]1O. The number of hydrogen-bond donors (Lipinski definition) is 21. The van der Waals surface area contributed by atoms with E-state index < -0.39 is 277 Å². The lowest BCUT2D eigenvalue weighted by molar-refractivity contribution is -0.393. The fraction of sp³-hybridized carbons (Fsp3) is 0.962. The monoisotopic (exact) mass is 1320 g/mol. The second-order valence-corrected chi connectivity index (χ2v) is 23.8. The minimum atomic E-state index is -2.16. The number of hydrogen-bond acceptors (Lipinski definition) is 36. The Morgan fingerprint density at radius 2 is 0.567 bits per heavy atom. The van der Waals surface area contributed by atoms with E-state index in [4.69, 9.17) is 71.1 Å². The van der Waals surface area contributed by atoms with E-state index in [9.17, 15) is 107 Å². The van der Waals surface area contributed by atoms with Crippen molar-refractivity contribution < 1.29 is 178 Å². The highest BCUT2D eigenvalue weighted by atomic mass is 16.8. The summed E-state index contributed by atoms with van der Waals surface area (Å²) in [5.41, 5.74) is 0. The second kappa shape index (κ2) is 30.8. The Morgan fingerprint density at radius 3 is 0.933 bits per heavy atom. The van der Waals surface area contributed by atoms with Crippen LogP contribution in [-0.4, -0.2) is 374 Å². The summed E-state index contributed by atoms with van der Waals surface area (Å²) in [4.78, 5) is 24.7. The van der Waals surface area contributed by atoms with Gasteiger partial charge >= 0.3 is 0 Å². The molecule has 0 spiro atoms. The lowest BCUT2D eigenvalue weighted by atomic mass is 9.94. The summed E-state index contributed by atoms with van der Waals surface area (Å²) in [5.74, 6) is -1.52. The van der Waals surface area contributed by atoms with Crippen molar-refractivity contribution in [3.8, 4) is 0 Å². The maximum Gasteiger partial charge on any atom is 0.217 e. The van der Waals surface area contributed by atoms with Gasteiger partial charge in [-0.2, -0.15) is 0 Å². The van der Waals surface area contributed by atoms with E-state index in [0.29, 0.717) is 0 Å². The Labute approximate surface area is 513 Å². The van der Waals surface area contributed by atoms with Crippen LogP contribution in [0.1, 0.15) is 48.5 Å². The summed E-state index contributed by atoms with van der Waals surface area (Å²) in [6.45, 7) is 5.91. The van der Waals surface area contributed by atoms with E-state index in [1.165, 1.54) is 34.6 Å². The van der Waals surface area contributed by atoms with Gasteiger partial charge in [-0.05, 0) is 34.6 Å². The van der Waals surface area contributed by atoms with Gasteiger partial charge in [0, 0.05) is 13.8 Å². The van der Waals surface area contributed by atoms with Gasteiger partial charge in [-0.1, -0.05) is 0 Å². The number of aliphatic hydroxyl groups excluding tert-OH is 19. The van der Waals surface area contributed by atoms with E-state index in [-0.39, 0.29) is 0 Å². The Kier molecular flexibility index (Phi) is 25.1. The number of nitrogens with one attached hydrogen (secondary N) is 2. The summed E-state index contributed by atoms with van der Waals surface area (Å²) >= 11 is 0. The van der Waals surface area contributed by atoms with Gasteiger partial charge in [-0.15, -0.1) is 0 Å². The van der Waals surface area contributed by atoms with Gasteiger partial charge in [0.05, 0.1) is 50.3 Å². The lowest BCUT2D eigenvalue weighted by Gasteiger charge is -2.50. The van der Waals surface area contributed by atoms with Crippen LogP contribution in [0.15, 0.2) is 0 Å². The molecule has 0 aromatic carbocycles. The zero-order valence-electron chi connectivity index (χ0n) is 49.7. The van der Waals surface area contributed by atoms with Crippen LogP contribution >= 0.6 is 0 Å². The maximum atomic E-state index is 12.9. The first kappa shape index (κ1) is 73.4. The summed E-state index contributed by atoms with van der Waals surface area (Å²) in [6, 6.07) is -3.23. The van der Waals surface area contributed by atoms with Crippen LogP contribution in [0.5, 0.6) is 0 Å². The van der Waals surface area contributed by atoms with Crippen LogP contribution in [0.4, 0.5) is 0 Å². The van der Waals surface area contributed by atoms with Crippen molar-refractivity contribution in [2.45, 2.75) is 294 Å². The molecule has 0 saturated carbocycles. The topological polar surface area (TPSA) is 581 Å². The van der Waals surface area contributed by atoms with Gasteiger partial charge in [0.1, 0.15) is 165 Å². The first-order valence-corrected chi connectivity index (χ1v) is 29.4. The van der Waals surface area contributed by atoms with Gasteiger partial charge < -0.3 is 179 Å². The Bertz CT molecular complexity index is 2300. The molecule has 8 fully saturated rings. The minimum absolute atomic E-state index is 0.676. The van der Waals surface area contributed by atoms with E-state index in [2.05, 4.69) is 10.6 Å². The predicted octanol–water partition coefficient (Wildman–Crippen LogP) is -13.0. The fourth-order valence-electron chi connectivity index (χ4n) is 12.0. The third-order valence-corrected chi connectivity index (χ3v) is 17.3. The van der Waals surface area contributed by atoms with Gasteiger partial charge in [0.25, 0.3) is 0 Å². The normalized spacial score (nSPS) is 53.0. The summed E-state index contributed by atoms with van der Waals surface area (Å²) in [7, 11) is 0. The Morgan fingerprint density at radius 1 is 0.289 bits per heavy atom. The van der Waals surface area contributed by atoms with Gasteiger partial charge in [0.15, 0.2) is 50.3 Å². The van der Waals surface area contributed by atoms with Crippen LogP contribution < -0.4 is 10.6 Å². The second-order valence-electron chi connectivity index (χ2n) is 23.8. The summed E-state index contributed by atoms with van der Waals surface area (Å²) in [6.07, 6.45) is -67.7. The number of rotatable bonds is 19. The van der Waals surface area contributed by atoms with Gasteiger partial charge in [0.2, 0.25) is 11.8 Å². The summed E-state index contributed by atoms with van der Waals surface area (Å²) in [5, 5.41) is 215. The van der Waals surface area contributed by atoms with Crippen molar-refractivity contribution in [2.24, 2.45) is 0 Å². The zero-order valence-corrected chi connectivity index (χ0v) is 49.7. The molecule has 1 unspecified atom stereocenters. The minimum Gasteiger partial charge on any atom is -0.394 e. The van der Waals surface area contributed by atoms with Crippen molar-refractivity contribution in [3.05, 3.63) is 0 Å². The highest BCUT2D eigenvalue weighted by molar-refractivity contribution is 5.73. The van der Waals surface area contributed by atoms with Crippen LogP contribution in [0.2, 0.25) is 0 Å². The highest BCUT2D eigenvalue weighted by Gasteiger charge is 2.59. The average Bonchev–Trinajstić information content (AvgIpc) is 1.86. The number of amides is 2. The third-order valence-electron chi connectivity index (χ3n) is 17.3. The highest BCUT2D eigenvalue weighted by Crippen LogP contribution is 2.39. The molecule has 40 atom stereocenters. The van der Waals surface area contributed by atoms with E-state index in [1.54, 1.807) is 0 Å². The van der Waals surface area contributed by atoms with E-state index in [0.717, 1.165) is 13.8 Å². The molecule has 38 heteroatoms. The molecule has 8 aliphatic heterocycles. The van der Waals surface area contributed by atoms with Gasteiger partial charge in [-0.25, -0.2) is 0 Å². The van der Waals surface area contributed by atoms with Crippen molar-refractivity contribution in [1.82, 2.24) is 10.6 Å². The molecule has 0 radical (unpaired) electrons. The number of carbonyl (C=O) groups is 2. The largest absolute Gasteiger partial charge is 0.394 e. The molecule has 38 nitrogen and oxygen atoms in total. The number of aliphatic hydroxyl groups is 19. The first-order valence-electron chi connectivity index (χ1n) is 29.4. The molecule has 8 aliphatic rings. The molecule has 8 heterocycles. The standard InChI is InChI=1S/C52H88N2O36/c1-11-23(60)31(68)32(69)47(76-11)90-44-29(66)19(9-56)83-52(37(44)74)85-39-22(54-17(7)59)46(82-18(8-55)28(39)65)86-40-24(61)12(2)78-49(33(40)70)88-42-26(63)14(4)80-51(35(42)72)89-43-27(64)15(5)79-50(36(43)73)87-41-25(62)13(3)77-48(34(41)71)84-38-20(10-57)81-45(75)21(30(38)67)53-16(6)58/h11-15,18-52,55-57,60-75H,8-10H2,1-7H3,(H,53,58)(H,54,59)/t11-,12-,13-,14-,15-,18+,19+,20+,21+,22+,23-,24-,25-,26-,27-,28+,29-,30+,31+,32+,33+,34+,35+,36+,37+,38+,39+,40+,41+,42+,43+,44-,45?,46-,47-,48+,49-,50-,51-,52+/m0/s1. The molecule has 522 valence electrons. The van der Waals surface area contributed by atoms with Crippen LogP contribution in [-0.2, 0) is 80.6 Å². The molecular formula is C52H88N2O36. The quantitative estimate of drug-likeness (QED) is 0.0571. The molecule has 8 saturated heterocycles. The van der Waals surface area contributed by atoms with Crippen molar-refractivity contribution in [1.29, 1.82) is 0 Å². The fourth-order valence-corrected chi connectivity index (χ4v) is 12.0.